The first-order chi connectivity index (χ1) is 10.1. The Bertz CT molecular complexity index is 778. The van der Waals surface area contributed by atoms with Crippen LogP contribution in [0.4, 0.5) is 5.95 Å². The number of pyridine rings is 1. The molecule has 0 bridgehead atoms. The normalized spacial score (nSPS) is 10.6. The number of rotatable bonds is 3. The number of aromatic nitrogens is 4. The van der Waals surface area contributed by atoms with Crippen LogP contribution >= 0.6 is 11.3 Å². The molecule has 2 N–H and O–H groups in total. The number of hydrogen-bond acceptors (Lipinski definition) is 5. The first kappa shape index (κ1) is 13.4. The average Bonchev–Trinajstić information content (AvgIpc) is 3.06. The van der Waals surface area contributed by atoms with Gasteiger partial charge in [-0.05, 0) is 32.0 Å². The van der Waals surface area contributed by atoms with Gasteiger partial charge in [0.1, 0.15) is 5.69 Å². The van der Waals surface area contributed by atoms with E-state index in [1.807, 2.05) is 38.1 Å². The molecule has 0 saturated heterocycles. The zero-order chi connectivity index (χ0) is 14.8. The summed E-state index contributed by atoms with van der Waals surface area (Å²) in [5.41, 5.74) is 1.33. The van der Waals surface area contributed by atoms with Crippen molar-refractivity contribution in [2.45, 2.75) is 13.8 Å². The van der Waals surface area contributed by atoms with E-state index < -0.39 is 0 Å². The molecule has 0 fully saturated rings. The van der Waals surface area contributed by atoms with E-state index in [1.54, 1.807) is 17.5 Å². The van der Waals surface area contributed by atoms with Crippen LogP contribution in [0.3, 0.4) is 0 Å². The average molecular weight is 299 g/mol. The number of amides is 1. The molecule has 0 unspecified atom stereocenters. The van der Waals surface area contributed by atoms with Crippen LogP contribution in [-0.2, 0) is 0 Å². The number of nitrogens with one attached hydrogen (secondary N) is 2. The Hall–Kier alpha value is -2.54. The Morgan fingerprint density at radius 3 is 2.86 bits per heavy atom. The SMILES string of the molecule is Cc1cc(C(=O)Nc2n[nH]c(-c3ccccn3)n2)c(C)s1. The van der Waals surface area contributed by atoms with E-state index in [0.717, 1.165) is 9.75 Å². The number of carbonyl (C=O) groups excluding carboxylic acids is 1. The molecule has 3 heterocycles. The molecular weight excluding hydrogens is 286 g/mol. The van der Waals surface area contributed by atoms with E-state index >= 15 is 0 Å². The topological polar surface area (TPSA) is 83.6 Å². The summed E-state index contributed by atoms with van der Waals surface area (Å²) in [6.45, 7) is 3.89. The molecule has 1 amide bonds. The second kappa shape index (κ2) is 5.45. The number of nitrogens with zero attached hydrogens (tertiary/aromatic N) is 3. The zero-order valence-electron chi connectivity index (χ0n) is 11.5. The van der Waals surface area contributed by atoms with Gasteiger partial charge in [-0.1, -0.05) is 6.07 Å². The van der Waals surface area contributed by atoms with Crippen molar-refractivity contribution in [2.75, 3.05) is 5.32 Å². The minimum Gasteiger partial charge on any atom is -0.289 e. The van der Waals surface area contributed by atoms with Crippen LogP contribution in [0, 0.1) is 13.8 Å². The molecule has 6 nitrogen and oxygen atoms in total. The van der Waals surface area contributed by atoms with Crippen molar-refractivity contribution in [1.29, 1.82) is 0 Å². The first-order valence-electron chi connectivity index (χ1n) is 6.35. The molecule has 0 saturated carbocycles. The van der Waals surface area contributed by atoms with E-state index in [0.29, 0.717) is 17.1 Å². The van der Waals surface area contributed by atoms with Crippen LogP contribution in [0.25, 0.3) is 11.5 Å². The maximum Gasteiger partial charge on any atom is 0.259 e. The number of anilines is 1. The molecule has 7 heteroatoms. The zero-order valence-corrected chi connectivity index (χ0v) is 12.4. The van der Waals surface area contributed by atoms with Crippen LogP contribution in [0.1, 0.15) is 20.1 Å². The maximum absolute atomic E-state index is 12.2. The number of H-pyrrole nitrogens is 1. The van der Waals surface area contributed by atoms with Gasteiger partial charge >= 0.3 is 0 Å². The van der Waals surface area contributed by atoms with Crippen molar-refractivity contribution in [1.82, 2.24) is 20.2 Å². The first-order valence-corrected chi connectivity index (χ1v) is 7.17. The largest absolute Gasteiger partial charge is 0.289 e. The van der Waals surface area contributed by atoms with Crippen molar-refractivity contribution in [2.24, 2.45) is 0 Å². The summed E-state index contributed by atoms with van der Waals surface area (Å²) in [7, 11) is 0. The molecule has 3 aromatic rings. The molecule has 0 aliphatic carbocycles. The lowest BCUT2D eigenvalue weighted by atomic mass is 10.2. The third-order valence-corrected chi connectivity index (χ3v) is 3.87. The monoisotopic (exact) mass is 299 g/mol. The minimum absolute atomic E-state index is 0.205. The molecule has 0 aliphatic rings. The van der Waals surface area contributed by atoms with Crippen molar-refractivity contribution in [3.63, 3.8) is 0 Å². The highest BCUT2D eigenvalue weighted by Crippen LogP contribution is 2.21. The Morgan fingerprint density at radius 1 is 1.33 bits per heavy atom. The Morgan fingerprint density at radius 2 is 2.19 bits per heavy atom. The van der Waals surface area contributed by atoms with Gasteiger partial charge in [-0.2, -0.15) is 4.98 Å². The molecule has 0 aromatic carbocycles. The fraction of sp³-hybridized carbons (Fsp3) is 0.143. The van der Waals surface area contributed by atoms with Gasteiger partial charge in [0.15, 0.2) is 5.82 Å². The molecule has 21 heavy (non-hydrogen) atoms. The minimum atomic E-state index is -0.205. The van der Waals surface area contributed by atoms with Gasteiger partial charge in [-0.3, -0.25) is 20.2 Å². The quantitative estimate of drug-likeness (QED) is 0.779. The highest BCUT2D eigenvalue weighted by molar-refractivity contribution is 7.12. The number of carbonyl (C=O) groups is 1. The van der Waals surface area contributed by atoms with E-state index in [1.165, 1.54) is 0 Å². The highest BCUT2D eigenvalue weighted by atomic mass is 32.1. The second-order valence-corrected chi connectivity index (χ2v) is 5.96. The molecule has 3 aromatic heterocycles. The van der Waals surface area contributed by atoms with Gasteiger partial charge in [-0.25, -0.2) is 0 Å². The number of thiophene rings is 1. The molecule has 3 rings (SSSR count). The standard InChI is InChI=1S/C14H13N5OS/c1-8-7-10(9(2)21-8)13(20)17-14-16-12(18-19-14)11-5-3-4-6-15-11/h3-7H,1-2H3,(H2,16,17,18,19,20). The number of hydrogen-bond donors (Lipinski definition) is 2. The Kier molecular flexibility index (Phi) is 3.49. The second-order valence-electron chi connectivity index (χ2n) is 4.50. The van der Waals surface area contributed by atoms with Gasteiger partial charge in [0.2, 0.25) is 5.95 Å². The molecule has 0 radical (unpaired) electrons. The van der Waals surface area contributed by atoms with Crippen LogP contribution < -0.4 is 5.32 Å². The van der Waals surface area contributed by atoms with Crippen molar-refractivity contribution in [3.8, 4) is 11.5 Å². The van der Waals surface area contributed by atoms with Crippen LogP contribution in [0.5, 0.6) is 0 Å². The third kappa shape index (κ3) is 2.82. The fourth-order valence-electron chi connectivity index (χ4n) is 1.96. The molecule has 0 atom stereocenters. The Labute approximate surface area is 125 Å². The van der Waals surface area contributed by atoms with Gasteiger partial charge < -0.3 is 0 Å². The van der Waals surface area contributed by atoms with Crippen LogP contribution in [-0.4, -0.2) is 26.1 Å². The summed E-state index contributed by atoms with van der Waals surface area (Å²) in [5, 5.41) is 9.44. The van der Waals surface area contributed by atoms with Crippen LogP contribution in [0.15, 0.2) is 30.5 Å². The molecular formula is C14H13N5OS. The summed E-state index contributed by atoms with van der Waals surface area (Å²) in [5.74, 6) is 0.552. The molecule has 106 valence electrons. The predicted octanol–water partition coefficient (Wildman–Crippen LogP) is 2.80. The lowest BCUT2D eigenvalue weighted by Gasteiger charge is -1.99. The lowest BCUT2D eigenvalue weighted by Crippen LogP contribution is -2.13. The van der Waals surface area contributed by atoms with E-state index in [9.17, 15) is 4.79 Å². The molecule has 0 aliphatic heterocycles. The highest BCUT2D eigenvalue weighted by Gasteiger charge is 2.14. The number of aryl methyl sites for hydroxylation is 2. The lowest BCUT2D eigenvalue weighted by molar-refractivity contribution is 0.102. The van der Waals surface area contributed by atoms with Crippen molar-refractivity contribution in [3.05, 3.63) is 45.8 Å². The maximum atomic E-state index is 12.2. The Balaban J connectivity index is 1.79. The number of aromatic amines is 1. The van der Waals surface area contributed by atoms with Gasteiger partial charge in [0, 0.05) is 16.0 Å². The smallest absolute Gasteiger partial charge is 0.259 e. The fourth-order valence-corrected chi connectivity index (χ4v) is 2.88. The third-order valence-electron chi connectivity index (χ3n) is 2.90. The van der Waals surface area contributed by atoms with E-state index in [4.69, 9.17) is 0 Å². The van der Waals surface area contributed by atoms with Gasteiger partial charge in [0.25, 0.3) is 5.91 Å². The van der Waals surface area contributed by atoms with E-state index in [2.05, 4.69) is 25.5 Å². The summed E-state index contributed by atoms with van der Waals surface area (Å²) in [6.07, 6.45) is 1.67. The van der Waals surface area contributed by atoms with Crippen molar-refractivity contribution >= 4 is 23.2 Å². The van der Waals surface area contributed by atoms with Gasteiger partial charge in [-0.15, -0.1) is 16.4 Å². The van der Waals surface area contributed by atoms with Gasteiger partial charge in [0.05, 0.1) is 5.56 Å². The van der Waals surface area contributed by atoms with E-state index in [-0.39, 0.29) is 11.9 Å². The summed E-state index contributed by atoms with van der Waals surface area (Å²) in [4.78, 5) is 22.7. The van der Waals surface area contributed by atoms with Crippen LogP contribution in [0.2, 0.25) is 0 Å². The summed E-state index contributed by atoms with van der Waals surface area (Å²) in [6, 6.07) is 7.37. The summed E-state index contributed by atoms with van der Waals surface area (Å²) >= 11 is 1.59. The van der Waals surface area contributed by atoms with Crippen molar-refractivity contribution < 1.29 is 4.79 Å². The predicted molar refractivity (Wildman–Crippen MR) is 81.4 cm³/mol. The summed E-state index contributed by atoms with van der Waals surface area (Å²) < 4.78 is 0. The molecule has 0 spiro atoms.